The maximum absolute atomic E-state index is 5.51. The van der Waals surface area contributed by atoms with Gasteiger partial charge in [-0.2, -0.15) is 0 Å². The number of tetrazole rings is 1. The lowest BCUT2D eigenvalue weighted by molar-refractivity contribution is 0.478. The van der Waals surface area contributed by atoms with E-state index >= 15 is 0 Å². The minimum atomic E-state index is 0.534. The number of furan rings is 1. The van der Waals surface area contributed by atoms with Gasteiger partial charge in [-0.3, -0.25) is 4.57 Å². The van der Waals surface area contributed by atoms with Crippen LogP contribution in [0.5, 0.6) is 0 Å². The number of unbranched alkanes of at least 4 members (excludes halogenated alkanes) is 1. The van der Waals surface area contributed by atoms with Crippen molar-refractivity contribution in [3.63, 3.8) is 0 Å². The molecule has 0 saturated heterocycles. The van der Waals surface area contributed by atoms with Gasteiger partial charge in [0, 0.05) is 12.5 Å². The number of thioether (sulfide) groups is 1. The van der Waals surface area contributed by atoms with Gasteiger partial charge in [0.15, 0.2) is 11.0 Å². The minimum Gasteiger partial charge on any atom is -0.467 e. The van der Waals surface area contributed by atoms with Crippen LogP contribution in [0, 0.1) is 0 Å². The summed E-state index contributed by atoms with van der Waals surface area (Å²) in [5.74, 6) is 4.06. The topological polar surface area (TPSA) is 87.5 Å². The maximum Gasteiger partial charge on any atom is 0.192 e. The SMILES string of the molecule is CCCCn1nnnc1CSc1nnc(C2CC2)n1Cc1ccco1. The molecule has 0 N–H and O–H groups in total. The zero-order valence-corrected chi connectivity index (χ0v) is 15.0. The highest BCUT2D eigenvalue weighted by atomic mass is 32.2. The molecule has 25 heavy (non-hydrogen) atoms. The average molecular weight is 359 g/mol. The Morgan fingerprint density at radius 2 is 2.20 bits per heavy atom. The molecule has 0 unspecified atom stereocenters. The molecule has 0 spiro atoms. The lowest BCUT2D eigenvalue weighted by atomic mass is 10.3. The van der Waals surface area contributed by atoms with Gasteiger partial charge in [0.05, 0.1) is 18.6 Å². The molecule has 0 radical (unpaired) electrons. The highest BCUT2D eigenvalue weighted by Crippen LogP contribution is 2.40. The summed E-state index contributed by atoms with van der Waals surface area (Å²) in [4.78, 5) is 0. The van der Waals surface area contributed by atoms with Crippen LogP contribution in [-0.2, 0) is 18.8 Å². The summed E-state index contributed by atoms with van der Waals surface area (Å²) < 4.78 is 9.56. The van der Waals surface area contributed by atoms with E-state index in [2.05, 4.69) is 37.2 Å². The Labute approximate surface area is 150 Å². The van der Waals surface area contributed by atoms with E-state index in [9.17, 15) is 0 Å². The van der Waals surface area contributed by atoms with Gasteiger partial charge in [0.2, 0.25) is 0 Å². The van der Waals surface area contributed by atoms with E-state index in [1.807, 2.05) is 16.8 Å². The number of aromatic nitrogens is 7. The molecule has 0 aromatic carbocycles. The molecule has 3 aromatic heterocycles. The zero-order valence-electron chi connectivity index (χ0n) is 14.2. The van der Waals surface area contributed by atoms with Crippen molar-refractivity contribution >= 4 is 11.8 Å². The van der Waals surface area contributed by atoms with Crippen LogP contribution in [0.25, 0.3) is 0 Å². The second kappa shape index (κ2) is 7.38. The standard InChI is InChI=1S/C16H21N7OS/c1-2-3-8-23-14(17-20-21-23)11-25-16-19-18-15(12-6-7-12)22(16)10-13-5-4-9-24-13/h4-5,9,12H,2-3,6-8,10-11H2,1H3. The Balaban J connectivity index is 1.49. The van der Waals surface area contributed by atoms with E-state index in [1.54, 1.807) is 18.0 Å². The van der Waals surface area contributed by atoms with Crippen molar-refractivity contribution in [3.05, 3.63) is 35.8 Å². The van der Waals surface area contributed by atoms with Crippen molar-refractivity contribution in [1.29, 1.82) is 0 Å². The number of nitrogens with zero attached hydrogens (tertiary/aromatic N) is 7. The molecule has 3 heterocycles. The van der Waals surface area contributed by atoms with Crippen molar-refractivity contribution in [2.45, 2.75) is 62.5 Å². The van der Waals surface area contributed by atoms with Crippen molar-refractivity contribution in [2.24, 2.45) is 0 Å². The lowest BCUT2D eigenvalue weighted by Crippen LogP contribution is -2.07. The van der Waals surface area contributed by atoms with Crippen LogP contribution in [-0.4, -0.2) is 35.0 Å². The van der Waals surface area contributed by atoms with Crippen LogP contribution in [0.1, 0.15) is 55.9 Å². The molecule has 0 bridgehead atoms. The predicted molar refractivity (Wildman–Crippen MR) is 92.1 cm³/mol. The van der Waals surface area contributed by atoms with E-state index in [1.165, 1.54) is 12.8 Å². The number of aryl methyl sites for hydroxylation is 1. The smallest absolute Gasteiger partial charge is 0.192 e. The van der Waals surface area contributed by atoms with E-state index in [0.29, 0.717) is 18.2 Å². The van der Waals surface area contributed by atoms with Gasteiger partial charge in [-0.1, -0.05) is 25.1 Å². The van der Waals surface area contributed by atoms with E-state index in [4.69, 9.17) is 4.42 Å². The Bertz CT molecular complexity index is 806. The molecule has 0 aliphatic heterocycles. The second-order valence-corrected chi connectivity index (χ2v) is 7.18. The first-order chi connectivity index (χ1) is 12.3. The first-order valence-electron chi connectivity index (χ1n) is 8.68. The Kier molecular flexibility index (Phi) is 4.82. The fraction of sp³-hybridized carbons (Fsp3) is 0.562. The molecule has 1 aliphatic carbocycles. The quantitative estimate of drug-likeness (QED) is 0.543. The van der Waals surface area contributed by atoms with Crippen LogP contribution < -0.4 is 0 Å². The average Bonchev–Trinajstić information content (AvgIpc) is 3.01. The molecule has 132 valence electrons. The summed E-state index contributed by atoms with van der Waals surface area (Å²) in [7, 11) is 0. The third-order valence-corrected chi connectivity index (χ3v) is 5.20. The van der Waals surface area contributed by atoms with Gasteiger partial charge >= 0.3 is 0 Å². The molecule has 1 fully saturated rings. The van der Waals surface area contributed by atoms with Crippen molar-refractivity contribution in [2.75, 3.05) is 0 Å². The van der Waals surface area contributed by atoms with Crippen LogP contribution >= 0.6 is 11.8 Å². The van der Waals surface area contributed by atoms with Crippen molar-refractivity contribution in [3.8, 4) is 0 Å². The lowest BCUT2D eigenvalue weighted by Gasteiger charge is -2.08. The Morgan fingerprint density at radius 1 is 1.28 bits per heavy atom. The van der Waals surface area contributed by atoms with Crippen LogP contribution in [0.2, 0.25) is 0 Å². The molecule has 1 saturated carbocycles. The summed E-state index contributed by atoms with van der Waals surface area (Å²) in [6.07, 6.45) is 6.27. The fourth-order valence-corrected chi connectivity index (χ4v) is 3.57. The highest BCUT2D eigenvalue weighted by Gasteiger charge is 2.30. The third kappa shape index (κ3) is 3.76. The van der Waals surface area contributed by atoms with Gasteiger partial charge in [0.25, 0.3) is 0 Å². The van der Waals surface area contributed by atoms with E-state index in [-0.39, 0.29) is 0 Å². The van der Waals surface area contributed by atoms with Gasteiger partial charge in [-0.05, 0) is 41.8 Å². The fourth-order valence-electron chi connectivity index (χ4n) is 2.69. The molecule has 8 nitrogen and oxygen atoms in total. The molecule has 9 heteroatoms. The third-order valence-electron chi connectivity index (χ3n) is 4.24. The minimum absolute atomic E-state index is 0.534. The first kappa shape index (κ1) is 16.3. The summed E-state index contributed by atoms with van der Waals surface area (Å²) in [6, 6.07) is 3.89. The van der Waals surface area contributed by atoms with Gasteiger partial charge in [0.1, 0.15) is 11.6 Å². The molecule has 0 amide bonds. The second-order valence-electron chi connectivity index (χ2n) is 6.24. The largest absolute Gasteiger partial charge is 0.467 e. The van der Waals surface area contributed by atoms with E-state index < -0.39 is 0 Å². The normalized spacial score (nSPS) is 14.3. The number of hydrogen-bond donors (Lipinski definition) is 0. The number of hydrogen-bond acceptors (Lipinski definition) is 7. The molecule has 1 aliphatic rings. The van der Waals surface area contributed by atoms with Crippen LogP contribution in [0.15, 0.2) is 28.0 Å². The number of rotatable bonds is 9. The van der Waals surface area contributed by atoms with Crippen molar-refractivity contribution in [1.82, 2.24) is 35.0 Å². The van der Waals surface area contributed by atoms with Gasteiger partial charge in [-0.15, -0.1) is 15.3 Å². The Hall–Kier alpha value is -2.16. The summed E-state index contributed by atoms with van der Waals surface area (Å²) in [6.45, 7) is 3.68. The summed E-state index contributed by atoms with van der Waals surface area (Å²) >= 11 is 1.62. The molecule has 0 atom stereocenters. The maximum atomic E-state index is 5.51. The predicted octanol–water partition coefficient (Wildman–Crippen LogP) is 2.88. The molecule has 3 aromatic rings. The van der Waals surface area contributed by atoms with E-state index in [0.717, 1.165) is 42.0 Å². The van der Waals surface area contributed by atoms with Gasteiger partial charge in [-0.25, -0.2) is 4.68 Å². The highest BCUT2D eigenvalue weighted by molar-refractivity contribution is 7.98. The first-order valence-corrected chi connectivity index (χ1v) is 9.67. The molecule has 4 rings (SSSR count). The molecular weight excluding hydrogens is 338 g/mol. The zero-order chi connectivity index (χ0) is 17.1. The van der Waals surface area contributed by atoms with Gasteiger partial charge < -0.3 is 4.42 Å². The molecular formula is C16H21N7OS. The monoisotopic (exact) mass is 359 g/mol. The van der Waals surface area contributed by atoms with Crippen molar-refractivity contribution < 1.29 is 4.42 Å². The Morgan fingerprint density at radius 3 is 2.96 bits per heavy atom. The summed E-state index contributed by atoms with van der Waals surface area (Å²) in [5, 5.41) is 21.8. The van der Waals surface area contributed by atoms with Crippen LogP contribution in [0.3, 0.4) is 0 Å². The summed E-state index contributed by atoms with van der Waals surface area (Å²) in [5.41, 5.74) is 0. The van der Waals surface area contributed by atoms with Crippen LogP contribution in [0.4, 0.5) is 0 Å².